The summed E-state index contributed by atoms with van der Waals surface area (Å²) in [6.07, 6.45) is 10.4. The molecule has 6 nitrogen and oxygen atoms in total. The van der Waals surface area contributed by atoms with Gasteiger partial charge in [-0.15, -0.1) is 0 Å². The van der Waals surface area contributed by atoms with Gasteiger partial charge >= 0.3 is 0 Å². The van der Waals surface area contributed by atoms with Crippen LogP contribution in [0.5, 0.6) is 0 Å². The summed E-state index contributed by atoms with van der Waals surface area (Å²) in [5.41, 5.74) is -0.343. The quantitative estimate of drug-likeness (QED) is 0.819. The Morgan fingerprint density at radius 2 is 1.46 bits per heavy atom. The molecule has 0 atom stereocenters. The smallest absolute Gasteiger partial charge is 0.256 e. The van der Waals surface area contributed by atoms with Crippen LogP contribution < -0.4 is 16.1 Å². The highest BCUT2D eigenvalue weighted by Gasteiger charge is 2.27. The van der Waals surface area contributed by atoms with E-state index in [1.165, 1.54) is 6.42 Å². The highest BCUT2D eigenvalue weighted by molar-refractivity contribution is 5.99. The number of nitrogens with one attached hydrogen (secondary N) is 2. The van der Waals surface area contributed by atoms with Gasteiger partial charge in [-0.2, -0.15) is 0 Å². The average molecular weight is 359 g/mol. The van der Waals surface area contributed by atoms with Crippen LogP contribution in [0.4, 0.5) is 0 Å². The van der Waals surface area contributed by atoms with Crippen molar-refractivity contribution < 1.29 is 9.59 Å². The van der Waals surface area contributed by atoms with Crippen molar-refractivity contribution in [2.75, 3.05) is 0 Å². The van der Waals surface area contributed by atoms with Crippen molar-refractivity contribution in [2.24, 2.45) is 5.92 Å². The van der Waals surface area contributed by atoms with E-state index < -0.39 is 5.43 Å². The van der Waals surface area contributed by atoms with Gasteiger partial charge in [0.05, 0.1) is 0 Å². The Balaban J connectivity index is 1.86. The molecule has 2 aliphatic rings. The number of aromatic nitrogens is 1. The van der Waals surface area contributed by atoms with Crippen LogP contribution in [0, 0.1) is 5.92 Å². The molecule has 1 heterocycles. The molecule has 2 fully saturated rings. The largest absolute Gasteiger partial charge is 0.352 e. The number of hydrogen-bond donors (Lipinski definition) is 2. The molecule has 0 unspecified atom stereocenters. The molecule has 3 rings (SSSR count). The second-order valence-electron chi connectivity index (χ2n) is 8.06. The van der Waals surface area contributed by atoms with Gasteiger partial charge in [-0.3, -0.25) is 14.4 Å². The Morgan fingerprint density at radius 3 is 1.92 bits per heavy atom. The van der Waals surface area contributed by atoms with E-state index >= 15 is 0 Å². The first-order valence-corrected chi connectivity index (χ1v) is 9.80. The van der Waals surface area contributed by atoms with Crippen LogP contribution in [0.1, 0.15) is 79.5 Å². The van der Waals surface area contributed by atoms with Gasteiger partial charge in [0.1, 0.15) is 11.1 Å². The van der Waals surface area contributed by atoms with Gasteiger partial charge in [0.25, 0.3) is 11.8 Å². The molecule has 0 radical (unpaired) electrons. The van der Waals surface area contributed by atoms with Crippen molar-refractivity contribution in [1.82, 2.24) is 15.2 Å². The molecule has 0 spiro atoms. The summed E-state index contributed by atoms with van der Waals surface area (Å²) in [7, 11) is 0. The molecule has 2 N–H and O–H groups in total. The normalized spacial score (nSPS) is 18.0. The zero-order chi connectivity index (χ0) is 18.7. The number of pyridine rings is 1. The Morgan fingerprint density at radius 1 is 0.962 bits per heavy atom. The van der Waals surface area contributed by atoms with Crippen molar-refractivity contribution >= 4 is 11.8 Å². The van der Waals surface area contributed by atoms with Crippen molar-refractivity contribution in [3.05, 3.63) is 33.7 Å². The lowest BCUT2D eigenvalue weighted by atomic mass is 9.95. The van der Waals surface area contributed by atoms with E-state index in [-0.39, 0.29) is 35.0 Å². The molecule has 26 heavy (non-hydrogen) atoms. The van der Waals surface area contributed by atoms with E-state index in [0.717, 1.165) is 38.5 Å². The third-order valence-corrected chi connectivity index (χ3v) is 5.00. The first-order chi connectivity index (χ1) is 12.4. The Kier molecular flexibility index (Phi) is 5.79. The van der Waals surface area contributed by atoms with Gasteiger partial charge in [0.2, 0.25) is 5.43 Å². The van der Waals surface area contributed by atoms with Crippen molar-refractivity contribution in [2.45, 2.75) is 77.4 Å². The minimum atomic E-state index is -0.475. The Hall–Kier alpha value is -2.11. The second-order valence-corrected chi connectivity index (χ2v) is 8.06. The van der Waals surface area contributed by atoms with Gasteiger partial charge in [-0.1, -0.05) is 33.1 Å². The molecule has 0 saturated heterocycles. The standard InChI is InChI=1S/C20H29N3O3/c1-13(2)10-23-11-16(19(25)21-14-6-4-3-5-7-14)18(24)17(12-23)20(26)22-15-8-9-15/h11-15H,3-10H2,1-2H3,(H,21,25)(H,22,26). The fourth-order valence-electron chi connectivity index (χ4n) is 3.48. The van der Waals surface area contributed by atoms with Gasteiger partial charge in [-0.05, 0) is 31.6 Å². The number of nitrogens with zero attached hydrogens (tertiary/aromatic N) is 1. The fraction of sp³-hybridized carbons (Fsp3) is 0.650. The predicted octanol–water partition coefficient (Wildman–Crippen LogP) is 2.46. The molecule has 1 aromatic rings. The summed E-state index contributed by atoms with van der Waals surface area (Å²) in [6.45, 7) is 4.77. The van der Waals surface area contributed by atoms with Crippen LogP contribution in [0.15, 0.2) is 17.2 Å². The van der Waals surface area contributed by atoms with Gasteiger partial charge in [0.15, 0.2) is 0 Å². The number of hydrogen-bond acceptors (Lipinski definition) is 3. The number of rotatable bonds is 6. The van der Waals surface area contributed by atoms with E-state index in [2.05, 4.69) is 24.5 Å². The Bertz CT molecular complexity index is 728. The third-order valence-electron chi connectivity index (χ3n) is 5.00. The molecule has 0 aliphatic heterocycles. The monoisotopic (exact) mass is 359 g/mol. The lowest BCUT2D eigenvalue weighted by Gasteiger charge is -2.23. The van der Waals surface area contributed by atoms with Gasteiger partial charge in [-0.25, -0.2) is 0 Å². The SMILES string of the molecule is CC(C)Cn1cc(C(=O)NC2CCCCC2)c(=O)c(C(=O)NC2CC2)c1. The van der Waals surface area contributed by atoms with Crippen LogP contribution >= 0.6 is 0 Å². The summed E-state index contributed by atoms with van der Waals surface area (Å²) in [5.74, 6) is -0.395. The van der Waals surface area contributed by atoms with Gasteiger partial charge in [0, 0.05) is 31.0 Å². The van der Waals surface area contributed by atoms with Crippen LogP contribution in [0.2, 0.25) is 0 Å². The van der Waals surface area contributed by atoms with E-state index in [9.17, 15) is 14.4 Å². The fourth-order valence-corrected chi connectivity index (χ4v) is 3.48. The van der Waals surface area contributed by atoms with Crippen LogP contribution in [0.25, 0.3) is 0 Å². The molecular formula is C20H29N3O3. The molecule has 2 aliphatic carbocycles. The number of carbonyl (C=O) groups is 2. The highest BCUT2D eigenvalue weighted by atomic mass is 16.2. The maximum absolute atomic E-state index is 12.8. The van der Waals surface area contributed by atoms with E-state index in [4.69, 9.17) is 0 Å². The van der Waals surface area contributed by atoms with Crippen LogP contribution in [-0.2, 0) is 6.54 Å². The van der Waals surface area contributed by atoms with E-state index in [0.29, 0.717) is 12.5 Å². The minimum Gasteiger partial charge on any atom is -0.352 e. The maximum atomic E-state index is 12.8. The zero-order valence-electron chi connectivity index (χ0n) is 15.7. The van der Waals surface area contributed by atoms with Crippen molar-refractivity contribution in [3.8, 4) is 0 Å². The molecule has 2 amide bonds. The molecule has 142 valence electrons. The summed E-state index contributed by atoms with van der Waals surface area (Å²) in [4.78, 5) is 38.0. The maximum Gasteiger partial charge on any atom is 0.256 e. The first-order valence-electron chi connectivity index (χ1n) is 9.80. The predicted molar refractivity (Wildman–Crippen MR) is 100 cm³/mol. The summed E-state index contributed by atoms with van der Waals surface area (Å²) >= 11 is 0. The Labute approximate surface area is 154 Å². The molecule has 0 aromatic carbocycles. The molecule has 1 aromatic heterocycles. The summed E-state index contributed by atoms with van der Waals surface area (Å²) < 4.78 is 1.80. The lowest BCUT2D eigenvalue weighted by molar-refractivity contribution is 0.0925. The third kappa shape index (κ3) is 4.74. The van der Waals surface area contributed by atoms with Crippen molar-refractivity contribution in [1.29, 1.82) is 0 Å². The molecule has 0 bridgehead atoms. The average Bonchev–Trinajstić information content (AvgIpc) is 3.40. The van der Waals surface area contributed by atoms with Crippen LogP contribution in [0.3, 0.4) is 0 Å². The van der Waals surface area contributed by atoms with E-state index in [1.54, 1.807) is 17.0 Å². The first kappa shape index (κ1) is 18.7. The number of amides is 2. The van der Waals surface area contributed by atoms with Crippen LogP contribution in [-0.4, -0.2) is 28.5 Å². The number of carbonyl (C=O) groups excluding carboxylic acids is 2. The molecule has 2 saturated carbocycles. The zero-order valence-corrected chi connectivity index (χ0v) is 15.7. The topological polar surface area (TPSA) is 80.2 Å². The molecular weight excluding hydrogens is 330 g/mol. The van der Waals surface area contributed by atoms with E-state index in [1.807, 2.05) is 0 Å². The second kappa shape index (κ2) is 8.06. The highest BCUT2D eigenvalue weighted by Crippen LogP contribution is 2.19. The summed E-state index contributed by atoms with van der Waals surface area (Å²) in [6, 6.07) is 0.290. The lowest BCUT2D eigenvalue weighted by Crippen LogP contribution is -2.40. The summed E-state index contributed by atoms with van der Waals surface area (Å²) in [5, 5.41) is 5.85. The van der Waals surface area contributed by atoms with Gasteiger partial charge < -0.3 is 15.2 Å². The van der Waals surface area contributed by atoms with Crippen molar-refractivity contribution in [3.63, 3.8) is 0 Å². The minimum absolute atomic E-state index is 0.0637. The molecule has 6 heteroatoms.